The van der Waals surface area contributed by atoms with Gasteiger partial charge in [0.05, 0.1) is 12.5 Å². The maximum Gasteiger partial charge on any atom is 0.235 e. The first-order chi connectivity index (χ1) is 6.36. The van der Waals surface area contributed by atoms with E-state index in [2.05, 4.69) is 4.99 Å². The molecule has 3 heterocycles. The number of hydrogen-bond donors (Lipinski definition) is 0. The highest BCUT2D eigenvalue weighted by Crippen LogP contribution is 2.31. The van der Waals surface area contributed by atoms with Gasteiger partial charge in [0.15, 0.2) is 6.23 Å². The van der Waals surface area contributed by atoms with E-state index in [9.17, 15) is 4.79 Å². The highest BCUT2D eigenvalue weighted by Gasteiger charge is 2.43. The van der Waals surface area contributed by atoms with E-state index in [-0.39, 0.29) is 18.1 Å². The zero-order chi connectivity index (χ0) is 8.84. The Morgan fingerprint density at radius 1 is 1.54 bits per heavy atom. The molecule has 0 aliphatic carbocycles. The number of amidine groups is 1. The predicted octanol–water partition coefficient (Wildman–Crippen LogP) is 0.383. The minimum Gasteiger partial charge on any atom is -0.356 e. The van der Waals surface area contributed by atoms with Crippen molar-refractivity contribution < 1.29 is 9.53 Å². The molecular weight excluding hydrogens is 168 g/mol. The second-order valence-corrected chi connectivity index (χ2v) is 3.80. The Balaban J connectivity index is 1.98. The van der Waals surface area contributed by atoms with Gasteiger partial charge in [-0.15, -0.1) is 0 Å². The van der Waals surface area contributed by atoms with Crippen LogP contribution in [-0.2, 0) is 9.53 Å². The summed E-state index contributed by atoms with van der Waals surface area (Å²) < 4.78 is 5.40. The van der Waals surface area contributed by atoms with E-state index in [4.69, 9.17) is 4.74 Å². The molecule has 0 aromatic rings. The molecule has 3 aliphatic heterocycles. The minimum absolute atomic E-state index is 0.0156. The molecule has 2 saturated heterocycles. The molecule has 2 atom stereocenters. The molecule has 0 radical (unpaired) electrons. The van der Waals surface area contributed by atoms with E-state index < -0.39 is 0 Å². The number of ether oxygens (including phenoxy) is 1. The normalized spacial score (nSPS) is 37.4. The van der Waals surface area contributed by atoms with Gasteiger partial charge in [-0.3, -0.25) is 4.79 Å². The van der Waals surface area contributed by atoms with Crippen molar-refractivity contribution >= 4 is 11.7 Å². The van der Waals surface area contributed by atoms with Gasteiger partial charge in [-0.2, -0.15) is 0 Å². The molecule has 0 N–H and O–H groups in total. The maximum absolute atomic E-state index is 11.9. The third-order valence-electron chi connectivity index (χ3n) is 3.01. The van der Waals surface area contributed by atoms with E-state index in [1.54, 1.807) is 0 Å². The topological polar surface area (TPSA) is 41.9 Å². The Kier molecular flexibility index (Phi) is 1.47. The van der Waals surface area contributed by atoms with Crippen LogP contribution in [0.2, 0.25) is 0 Å². The third kappa shape index (κ3) is 0.950. The van der Waals surface area contributed by atoms with Crippen LogP contribution >= 0.6 is 0 Å². The van der Waals surface area contributed by atoms with Gasteiger partial charge in [0, 0.05) is 13.0 Å². The second kappa shape index (κ2) is 2.54. The van der Waals surface area contributed by atoms with Crippen LogP contribution < -0.4 is 0 Å². The van der Waals surface area contributed by atoms with Crippen molar-refractivity contribution in [2.45, 2.75) is 25.5 Å². The SMILES string of the molecule is O=C1[C@@H]2CCO[C@@H]2N=C2CCCN12. The van der Waals surface area contributed by atoms with Crippen molar-refractivity contribution in [3.8, 4) is 0 Å². The van der Waals surface area contributed by atoms with Gasteiger partial charge in [-0.1, -0.05) is 0 Å². The van der Waals surface area contributed by atoms with Crippen molar-refractivity contribution in [1.82, 2.24) is 4.90 Å². The number of hydrogen-bond acceptors (Lipinski definition) is 3. The summed E-state index contributed by atoms with van der Waals surface area (Å²) in [7, 11) is 0. The molecule has 3 rings (SSSR count). The third-order valence-corrected chi connectivity index (χ3v) is 3.01. The first-order valence-electron chi connectivity index (χ1n) is 4.86. The van der Waals surface area contributed by atoms with E-state index in [0.717, 1.165) is 31.6 Å². The fourth-order valence-electron chi connectivity index (χ4n) is 2.33. The van der Waals surface area contributed by atoms with Crippen molar-refractivity contribution in [3.63, 3.8) is 0 Å². The fourth-order valence-corrected chi connectivity index (χ4v) is 2.33. The lowest BCUT2D eigenvalue weighted by atomic mass is 10.0. The zero-order valence-corrected chi connectivity index (χ0v) is 7.40. The average Bonchev–Trinajstić information content (AvgIpc) is 2.71. The van der Waals surface area contributed by atoms with Crippen LogP contribution in [-0.4, -0.2) is 36.0 Å². The average molecular weight is 180 g/mol. The lowest BCUT2D eigenvalue weighted by molar-refractivity contribution is -0.133. The van der Waals surface area contributed by atoms with Crippen LogP contribution in [0, 0.1) is 5.92 Å². The van der Waals surface area contributed by atoms with Gasteiger partial charge in [0.1, 0.15) is 5.84 Å². The number of carbonyl (C=O) groups is 1. The summed E-state index contributed by atoms with van der Waals surface area (Å²) in [5, 5.41) is 0. The summed E-state index contributed by atoms with van der Waals surface area (Å²) in [4.78, 5) is 18.2. The van der Waals surface area contributed by atoms with Crippen molar-refractivity contribution in [2.75, 3.05) is 13.2 Å². The zero-order valence-electron chi connectivity index (χ0n) is 7.40. The number of aliphatic imine (C=N–C) groups is 1. The van der Waals surface area contributed by atoms with Gasteiger partial charge in [-0.25, -0.2) is 4.99 Å². The van der Waals surface area contributed by atoms with E-state index in [0.29, 0.717) is 6.61 Å². The first-order valence-corrected chi connectivity index (χ1v) is 4.86. The number of amides is 1. The molecule has 0 spiro atoms. The van der Waals surface area contributed by atoms with E-state index in [1.165, 1.54) is 0 Å². The largest absolute Gasteiger partial charge is 0.356 e. The summed E-state index contributed by atoms with van der Waals surface area (Å²) in [6.45, 7) is 1.55. The molecular formula is C9H12N2O2. The van der Waals surface area contributed by atoms with Gasteiger partial charge in [0.25, 0.3) is 0 Å². The predicted molar refractivity (Wildman–Crippen MR) is 46.2 cm³/mol. The van der Waals surface area contributed by atoms with Gasteiger partial charge < -0.3 is 9.64 Å². The number of rotatable bonds is 0. The number of fused-ring (bicyclic) bond motifs is 2. The van der Waals surface area contributed by atoms with Crippen LogP contribution in [0.4, 0.5) is 0 Å². The van der Waals surface area contributed by atoms with Crippen molar-refractivity contribution in [2.24, 2.45) is 10.9 Å². The summed E-state index contributed by atoms with van der Waals surface area (Å²) in [6.07, 6.45) is 2.69. The summed E-state index contributed by atoms with van der Waals surface area (Å²) in [5.41, 5.74) is 0. The smallest absolute Gasteiger partial charge is 0.235 e. The Morgan fingerprint density at radius 3 is 3.38 bits per heavy atom. The van der Waals surface area contributed by atoms with Crippen LogP contribution in [0.3, 0.4) is 0 Å². The van der Waals surface area contributed by atoms with Gasteiger partial charge in [0.2, 0.25) is 5.91 Å². The van der Waals surface area contributed by atoms with Crippen LogP contribution in [0.1, 0.15) is 19.3 Å². The highest BCUT2D eigenvalue weighted by molar-refractivity contribution is 6.02. The Hall–Kier alpha value is -0.900. The molecule has 0 unspecified atom stereocenters. The quantitative estimate of drug-likeness (QED) is 0.541. The lowest BCUT2D eigenvalue weighted by Gasteiger charge is -2.28. The Morgan fingerprint density at radius 2 is 2.46 bits per heavy atom. The molecule has 13 heavy (non-hydrogen) atoms. The fraction of sp³-hybridized carbons (Fsp3) is 0.778. The molecule has 1 amide bonds. The van der Waals surface area contributed by atoms with Crippen LogP contribution in [0.5, 0.6) is 0 Å². The van der Waals surface area contributed by atoms with E-state index >= 15 is 0 Å². The highest BCUT2D eigenvalue weighted by atomic mass is 16.5. The lowest BCUT2D eigenvalue weighted by Crippen LogP contribution is -2.44. The molecule has 0 aromatic carbocycles. The molecule has 0 saturated carbocycles. The summed E-state index contributed by atoms with van der Waals surface area (Å²) in [6, 6.07) is 0. The minimum atomic E-state index is -0.156. The molecule has 70 valence electrons. The van der Waals surface area contributed by atoms with E-state index in [1.807, 2.05) is 4.90 Å². The van der Waals surface area contributed by atoms with Crippen LogP contribution in [0.25, 0.3) is 0 Å². The monoisotopic (exact) mass is 180 g/mol. The van der Waals surface area contributed by atoms with Gasteiger partial charge >= 0.3 is 0 Å². The first kappa shape index (κ1) is 7.50. The Bertz CT molecular complexity index is 287. The van der Waals surface area contributed by atoms with Crippen LogP contribution in [0.15, 0.2) is 4.99 Å². The Labute approximate surface area is 76.6 Å². The molecule has 4 heteroatoms. The summed E-state index contributed by atoms with van der Waals surface area (Å²) in [5.74, 6) is 1.21. The molecule has 2 fully saturated rings. The molecule has 0 bridgehead atoms. The molecule has 4 nitrogen and oxygen atoms in total. The molecule has 3 aliphatic rings. The number of carbonyl (C=O) groups excluding carboxylic acids is 1. The maximum atomic E-state index is 11.9. The standard InChI is InChI=1S/C9H12N2O2/c12-9-6-3-5-13-8(6)10-7-2-1-4-11(7)9/h6,8H,1-5H2/t6-,8+/m1/s1. The molecule has 0 aromatic heterocycles. The van der Waals surface area contributed by atoms with Gasteiger partial charge in [-0.05, 0) is 12.8 Å². The summed E-state index contributed by atoms with van der Waals surface area (Å²) >= 11 is 0. The second-order valence-electron chi connectivity index (χ2n) is 3.80. The van der Waals surface area contributed by atoms with Crippen molar-refractivity contribution in [3.05, 3.63) is 0 Å². The number of nitrogens with zero attached hydrogens (tertiary/aromatic N) is 2. The van der Waals surface area contributed by atoms with Crippen molar-refractivity contribution in [1.29, 1.82) is 0 Å².